The molecule has 0 bridgehead atoms. The molecule has 3 N–H and O–H groups in total. The summed E-state index contributed by atoms with van der Waals surface area (Å²) in [5.74, 6) is 1.07. The van der Waals surface area contributed by atoms with Crippen LogP contribution in [0.25, 0.3) is 28.1 Å². The van der Waals surface area contributed by atoms with Crippen molar-refractivity contribution in [1.29, 1.82) is 0 Å². The number of halogens is 1. The SMILES string of the molecule is CCOc1ccc(-c2nnc(C3CC(NC(=O)c4cccc5c(N)ccnc45)C3)n2-c2ccccc2F)nc1. The van der Waals surface area contributed by atoms with E-state index >= 15 is 0 Å². The van der Waals surface area contributed by atoms with Crippen molar-refractivity contribution in [2.24, 2.45) is 0 Å². The summed E-state index contributed by atoms with van der Waals surface area (Å²) in [5, 5.41) is 12.7. The lowest BCUT2D eigenvalue weighted by Gasteiger charge is -2.35. The van der Waals surface area contributed by atoms with Gasteiger partial charge in [0.1, 0.15) is 23.1 Å². The highest BCUT2D eigenvalue weighted by Crippen LogP contribution is 2.39. The van der Waals surface area contributed by atoms with Crippen LogP contribution in [0.1, 0.15) is 41.9 Å². The number of hydrogen-bond donors (Lipinski definition) is 2. The number of aromatic nitrogens is 5. The quantitative estimate of drug-likeness (QED) is 0.318. The van der Waals surface area contributed by atoms with Crippen molar-refractivity contribution in [2.75, 3.05) is 12.3 Å². The van der Waals surface area contributed by atoms with Crippen molar-refractivity contribution in [3.8, 4) is 23.0 Å². The van der Waals surface area contributed by atoms with E-state index < -0.39 is 5.82 Å². The molecule has 1 aliphatic rings. The summed E-state index contributed by atoms with van der Waals surface area (Å²) in [7, 11) is 0. The van der Waals surface area contributed by atoms with Gasteiger partial charge in [0.2, 0.25) is 0 Å². The second-order valence-corrected chi connectivity index (χ2v) is 9.42. The predicted molar refractivity (Wildman–Crippen MR) is 145 cm³/mol. The fourth-order valence-corrected chi connectivity index (χ4v) is 4.95. The summed E-state index contributed by atoms with van der Waals surface area (Å²) in [6.45, 7) is 2.43. The summed E-state index contributed by atoms with van der Waals surface area (Å²) in [6.07, 6.45) is 4.48. The number of para-hydroxylation sites is 2. The molecule has 39 heavy (non-hydrogen) atoms. The average molecular weight is 524 g/mol. The molecule has 0 radical (unpaired) electrons. The summed E-state index contributed by atoms with van der Waals surface area (Å²) in [4.78, 5) is 22.0. The van der Waals surface area contributed by atoms with Crippen LogP contribution in [0.5, 0.6) is 5.75 Å². The zero-order valence-electron chi connectivity index (χ0n) is 21.2. The Morgan fingerprint density at radius 3 is 2.69 bits per heavy atom. The maximum atomic E-state index is 15.0. The average Bonchev–Trinajstić information content (AvgIpc) is 3.35. The van der Waals surface area contributed by atoms with Gasteiger partial charge in [-0.3, -0.25) is 14.3 Å². The van der Waals surface area contributed by atoms with Crippen LogP contribution in [0, 0.1) is 5.82 Å². The standard InChI is InChI=1S/C29H26FN7O2/c1-2-39-19-10-11-24(33-16-19)28-36-35-27(37(28)25-9-4-3-8-22(25)30)17-14-18(15-17)34-29(38)21-7-5-6-20-23(31)12-13-32-26(20)21/h3-13,16-18H,2,14-15H2,1H3,(H2,31,32)(H,34,38). The van der Waals surface area contributed by atoms with E-state index in [1.165, 1.54) is 6.07 Å². The van der Waals surface area contributed by atoms with Crippen LogP contribution >= 0.6 is 0 Å². The van der Waals surface area contributed by atoms with Gasteiger partial charge in [-0.15, -0.1) is 10.2 Å². The molecule has 3 aromatic heterocycles. The number of nitrogens with two attached hydrogens (primary N) is 1. The highest BCUT2D eigenvalue weighted by atomic mass is 19.1. The zero-order chi connectivity index (χ0) is 26.9. The third kappa shape index (κ3) is 4.54. The van der Waals surface area contributed by atoms with E-state index in [2.05, 4.69) is 25.5 Å². The van der Waals surface area contributed by atoms with Gasteiger partial charge >= 0.3 is 0 Å². The van der Waals surface area contributed by atoms with E-state index in [0.29, 0.717) is 65.0 Å². The highest BCUT2D eigenvalue weighted by molar-refractivity contribution is 6.07. The third-order valence-corrected chi connectivity index (χ3v) is 6.95. The number of nitrogen functional groups attached to an aromatic ring is 1. The second kappa shape index (κ2) is 10.1. The lowest BCUT2D eigenvalue weighted by molar-refractivity contribution is 0.0908. The topological polar surface area (TPSA) is 121 Å². The summed E-state index contributed by atoms with van der Waals surface area (Å²) >= 11 is 0. The molecule has 3 heterocycles. The first-order valence-electron chi connectivity index (χ1n) is 12.8. The Labute approximate surface area is 223 Å². The molecule has 0 spiro atoms. The van der Waals surface area contributed by atoms with Crippen LogP contribution in [0.15, 0.2) is 73.1 Å². The molecule has 0 aliphatic heterocycles. The van der Waals surface area contributed by atoms with E-state index in [9.17, 15) is 9.18 Å². The van der Waals surface area contributed by atoms with Crippen molar-refractivity contribution >= 4 is 22.5 Å². The number of rotatable bonds is 7. The number of carbonyl (C=O) groups excluding carboxylic acids is 1. The largest absolute Gasteiger partial charge is 0.492 e. The van der Waals surface area contributed by atoms with Gasteiger partial charge in [-0.1, -0.05) is 24.3 Å². The summed E-state index contributed by atoms with van der Waals surface area (Å²) in [5.41, 5.74) is 8.56. The van der Waals surface area contributed by atoms with Crippen LogP contribution in [-0.2, 0) is 0 Å². The Bertz CT molecular complexity index is 1660. The van der Waals surface area contributed by atoms with Gasteiger partial charge in [0, 0.05) is 29.2 Å². The van der Waals surface area contributed by atoms with Crippen LogP contribution in [0.3, 0.4) is 0 Å². The van der Waals surface area contributed by atoms with Crippen LogP contribution in [0.4, 0.5) is 10.1 Å². The minimum atomic E-state index is -0.391. The first-order valence-corrected chi connectivity index (χ1v) is 12.8. The first kappa shape index (κ1) is 24.5. The number of carbonyl (C=O) groups is 1. The molecule has 6 rings (SSSR count). The van der Waals surface area contributed by atoms with Gasteiger partial charge in [-0.05, 0) is 56.2 Å². The lowest BCUT2D eigenvalue weighted by Crippen LogP contribution is -2.44. The normalized spacial score (nSPS) is 16.6. The first-order chi connectivity index (χ1) is 19.0. The Hall–Kier alpha value is -4.86. The van der Waals surface area contributed by atoms with Crippen LogP contribution in [0.2, 0.25) is 0 Å². The van der Waals surface area contributed by atoms with Crippen molar-refractivity contribution in [3.63, 3.8) is 0 Å². The Morgan fingerprint density at radius 2 is 1.92 bits per heavy atom. The fourth-order valence-electron chi connectivity index (χ4n) is 4.95. The van der Waals surface area contributed by atoms with Crippen molar-refractivity contribution in [1.82, 2.24) is 30.0 Å². The lowest BCUT2D eigenvalue weighted by atomic mass is 9.79. The number of benzene rings is 2. The van der Waals surface area contributed by atoms with Crippen LogP contribution in [-0.4, -0.2) is 43.3 Å². The number of hydrogen-bond acceptors (Lipinski definition) is 7. The van der Waals surface area contributed by atoms with E-state index in [-0.39, 0.29) is 17.9 Å². The Kier molecular flexibility index (Phi) is 6.36. The van der Waals surface area contributed by atoms with Gasteiger partial charge < -0.3 is 15.8 Å². The Morgan fingerprint density at radius 1 is 1.08 bits per heavy atom. The van der Waals surface area contributed by atoms with E-state index in [1.807, 2.05) is 13.0 Å². The van der Waals surface area contributed by atoms with E-state index in [1.54, 1.807) is 65.5 Å². The van der Waals surface area contributed by atoms with Crippen molar-refractivity contribution in [2.45, 2.75) is 31.7 Å². The molecule has 5 aromatic rings. The van der Waals surface area contributed by atoms with Gasteiger partial charge in [0.05, 0.1) is 29.6 Å². The van der Waals surface area contributed by atoms with Gasteiger partial charge in [-0.2, -0.15) is 0 Å². The monoisotopic (exact) mass is 523 g/mol. The smallest absolute Gasteiger partial charge is 0.253 e. The number of amides is 1. The second-order valence-electron chi connectivity index (χ2n) is 9.42. The van der Waals surface area contributed by atoms with E-state index in [4.69, 9.17) is 10.5 Å². The molecule has 9 nitrogen and oxygen atoms in total. The number of fused-ring (bicyclic) bond motifs is 1. The maximum Gasteiger partial charge on any atom is 0.253 e. The number of nitrogens with one attached hydrogen (secondary N) is 1. The highest BCUT2D eigenvalue weighted by Gasteiger charge is 2.37. The van der Waals surface area contributed by atoms with E-state index in [0.717, 1.165) is 5.39 Å². The summed E-state index contributed by atoms with van der Waals surface area (Å²) < 4.78 is 22.2. The van der Waals surface area contributed by atoms with Crippen molar-refractivity contribution in [3.05, 3.63) is 90.3 Å². The van der Waals surface area contributed by atoms with Gasteiger partial charge in [-0.25, -0.2) is 9.37 Å². The molecule has 0 atom stereocenters. The zero-order valence-corrected chi connectivity index (χ0v) is 21.2. The van der Waals surface area contributed by atoms with Gasteiger partial charge in [0.15, 0.2) is 5.82 Å². The Balaban J connectivity index is 1.25. The van der Waals surface area contributed by atoms with Crippen LogP contribution < -0.4 is 15.8 Å². The number of ether oxygens (including phenoxy) is 1. The minimum Gasteiger partial charge on any atom is -0.492 e. The third-order valence-electron chi connectivity index (χ3n) is 6.95. The molecule has 2 aromatic carbocycles. The molecule has 0 saturated heterocycles. The fraction of sp³-hybridized carbons (Fsp3) is 0.207. The number of nitrogens with zero attached hydrogens (tertiary/aromatic N) is 5. The molecule has 196 valence electrons. The molecular formula is C29H26FN7O2. The molecule has 1 saturated carbocycles. The molecule has 1 fully saturated rings. The molecular weight excluding hydrogens is 497 g/mol. The number of pyridine rings is 2. The minimum absolute atomic E-state index is 0.0276. The van der Waals surface area contributed by atoms with Gasteiger partial charge in [0.25, 0.3) is 5.91 Å². The molecule has 10 heteroatoms. The predicted octanol–water partition coefficient (Wildman–Crippen LogP) is 4.67. The molecule has 1 amide bonds. The molecule has 0 unspecified atom stereocenters. The molecule has 1 aliphatic carbocycles. The summed E-state index contributed by atoms with van der Waals surface area (Å²) in [6, 6.07) is 17.1. The maximum absolute atomic E-state index is 15.0. The van der Waals surface area contributed by atoms with Crippen molar-refractivity contribution < 1.29 is 13.9 Å². The number of anilines is 1.